The van der Waals surface area contributed by atoms with Gasteiger partial charge in [-0.3, -0.25) is 14.2 Å². The Morgan fingerprint density at radius 1 is 1.32 bits per heavy atom. The molecular formula is C18H26FN3O6. The van der Waals surface area contributed by atoms with Gasteiger partial charge in [-0.15, -0.1) is 0 Å². The van der Waals surface area contributed by atoms with E-state index in [1.54, 1.807) is 27.7 Å². The van der Waals surface area contributed by atoms with E-state index in [1.165, 1.54) is 12.3 Å². The molecule has 2 N–H and O–H groups in total. The second kappa shape index (κ2) is 8.26. The number of ether oxygens (including phenoxy) is 3. The van der Waals surface area contributed by atoms with Crippen molar-refractivity contribution in [2.75, 3.05) is 12.3 Å². The summed E-state index contributed by atoms with van der Waals surface area (Å²) in [5.41, 5.74) is 2.36. The fourth-order valence-corrected chi connectivity index (χ4v) is 2.73. The number of esters is 2. The molecule has 4 atom stereocenters. The first kappa shape index (κ1) is 21.8. The number of halogens is 1. The fourth-order valence-electron chi connectivity index (χ4n) is 2.73. The maximum absolute atomic E-state index is 15.7. The molecule has 1 aliphatic rings. The third kappa shape index (κ3) is 4.49. The third-order valence-electron chi connectivity index (χ3n) is 4.36. The molecule has 0 amide bonds. The highest BCUT2D eigenvalue weighted by molar-refractivity contribution is 5.72. The van der Waals surface area contributed by atoms with Crippen molar-refractivity contribution < 1.29 is 28.2 Å². The number of nitrogens with two attached hydrogens (primary N) is 1. The van der Waals surface area contributed by atoms with Crippen LogP contribution in [-0.2, 0) is 23.8 Å². The number of nitrogen functional groups attached to an aromatic ring is 1. The van der Waals surface area contributed by atoms with Gasteiger partial charge in [-0.05, 0) is 13.0 Å². The first-order chi connectivity index (χ1) is 12.9. The zero-order valence-electron chi connectivity index (χ0n) is 16.5. The second-order valence-electron chi connectivity index (χ2n) is 7.52. The van der Waals surface area contributed by atoms with Gasteiger partial charge >= 0.3 is 17.6 Å². The summed E-state index contributed by atoms with van der Waals surface area (Å²) in [6.07, 6.45) is -2.69. The van der Waals surface area contributed by atoms with Crippen LogP contribution in [0.2, 0.25) is 0 Å². The molecule has 0 radical (unpaired) electrons. The Kier molecular flexibility index (Phi) is 6.43. The van der Waals surface area contributed by atoms with Crippen LogP contribution in [0.3, 0.4) is 0 Å². The first-order valence-electron chi connectivity index (χ1n) is 9.01. The molecule has 0 aliphatic carbocycles. The number of hydrogen-bond acceptors (Lipinski definition) is 8. The predicted molar refractivity (Wildman–Crippen MR) is 96.8 cm³/mol. The molecule has 10 heteroatoms. The molecule has 28 heavy (non-hydrogen) atoms. The van der Waals surface area contributed by atoms with Crippen LogP contribution < -0.4 is 11.4 Å². The molecular weight excluding hydrogens is 373 g/mol. The molecule has 2 heterocycles. The molecule has 1 saturated heterocycles. The van der Waals surface area contributed by atoms with E-state index < -0.39 is 53.6 Å². The molecule has 9 nitrogen and oxygen atoms in total. The molecule has 0 saturated carbocycles. The summed E-state index contributed by atoms with van der Waals surface area (Å²) in [5, 5.41) is 0. The van der Waals surface area contributed by atoms with Gasteiger partial charge in [0, 0.05) is 6.20 Å². The SMILES string of the molecule is CC(C)C(=O)OC[C@H]1OC(n2ccc(N)nc2=O)[C@](C)(F)C1OC(=O)C(C)C. The monoisotopic (exact) mass is 399 g/mol. The van der Waals surface area contributed by atoms with E-state index in [1.807, 2.05) is 0 Å². The topological polar surface area (TPSA) is 123 Å². The summed E-state index contributed by atoms with van der Waals surface area (Å²) in [7, 11) is 0. The van der Waals surface area contributed by atoms with Crippen molar-refractivity contribution in [1.29, 1.82) is 0 Å². The van der Waals surface area contributed by atoms with Gasteiger partial charge in [0.1, 0.15) is 18.5 Å². The Morgan fingerprint density at radius 2 is 1.93 bits per heavy atom. The number of alkyl halides is 1. The van der Waals surface area contributed by atoms with Gasteiger partial charge in [0.25, 0.3) is 0 Å². The zero-order valence-corrected chi connectivity index (χ0v) is 16.5. The van der Waals surface area contributed by atoms with Crippen molar-refractivity contribution in [3.8, 4) is 0 Å². The number of carbonyl (C=O) groups is 2. The minimum atomic E-state index is -2.29. The zero-order chi connectivity index (χ0) is 21.2. The number of nitrogens with zero attached hydrogens (tertiary/aromatic N) is 2. The Balaban J connectivity index is 2.34. The van der Waals surface area contributed by atoms with Crippen LogP contribution in [0.25, 0.3) is 0 Å². The van der Waals surface area contributed by atoms with Crippen molar-refractivity contribution in [2.24, 2.45) is 11.8 Å². The number of aromatic nitrogens is 2. The Hall–Kier alpha value is -2.49. The average molecular weight is 399 g/mol. The van der Waals surface area contributed by atoms with Crippen LogP contribution in [0.5, 0.6) is 0 Å². The van der Waals surface area contributed by atoms with Gasteiger partial charge in [0.15, 0.2) is 18.0 Å². The maximum Gasteiger partial charge on any atom is 0.351 e. The largest absolute Gasteiger partial charge is 0.463 e. The molecule has 1 aromatic heterocycles. The fraction of sp³-hybridized carbons (Fsp3) is 0.667. The summed E-state index contributed by atoms with van der Waals surface area (Å²) < 4.78 is 32.7. The van der Waals surface area contributed by atoms with E-state index in [9.17, 15) is 14.4 Å². The minimum absolute atomic E-state index is 0.0231. The summed E-state index contributed by atoms with van der Waals surface area (Å²) in [5.74, 6) is -2.07. The normalized spacial score (nSPS) is 27.2. The van der Waals surface area contributed by atoms with Crippen LogP contribution in [0, 0.1) is 11.8 Å². The first-order valence-corrected chi connectivity index (χ1v) is 9.01. The molecule has 0 spiro atoms. The Labute approximate surface area is 162 Å². The van der Waals surface area contributed by atoms with E-state index >= 15 is 4.39 Å². The smallest absolute Gasteiger partial charge is 0.351 e. The van der Waals surface area contributed by atoms with Crippen LogP contribution in [0.15, 0.2) is 17.1 Å². The maximum atomic E-state index is 15.7. The number of carbonyl (C=O) groups excluding carboxylic acids is 2. The highest BCUT2D eigenvalue weighted by atomic mass is 19.1. The van der Waals surface area contributed by atoms with Gasteiger partial charge in [0.05, 0.1) is 11.8 Å². The highest BCUT2D eigenvalue weighted by Gasteiger charge is 2.58. The Bertz CT molecular complexity index is 792. The van der Waals surface area contributed by atoms with Gasteiger partial charge in [-0.2, -0.15) is 4.98 Å². The number of hydrogen-bond donors (Lipinski definition) is 1. The molecule has 1 aliphatic heterocycles. The van der Waals surface area contributed by atoms with Gasteiger partial charge in [0.2, 0.25) is 0 Å². The lowest BCUT2D eigenvalue weighted by Crippen LogP contribution is -2.46. The number of anilines is 1. The highest BCUT2D eigenvalue weighted by Crippen LogP contribution is 2.42. The molecule has 2 unspecified atom stereocenters. The summed E-state index contributed by atoms with van der Waals surface area (Å²) in [6.45, 7) is 7.33. The molecule has 1 fully saturated rings. The van der Waals surface area contributed by atoms with Gasteiger partial charge in [-0.25, -0.2) is 9.18 Å². The standard InChI is InChI=1S/C18H26FN3O6/c1-9(2)14(23)26-8-11-13(28-15(24)10(3)4)18(5,19)16(27-11)22-7-6-12(20)21-17(22)25/h6-7,9-11,13,16H,8H2,1-5H3,(H2,20,21,25)/t11-,13?,16?,18-/m1/s1. The van der Waals surface area contributed by atoms with E-state index in [0.717, 1.165) is 11.5 Å². The average Bonchev–Trinajstić information content (AvgIpc) is 2.83. The van der Waals surface area contributed by atoms with Crippen molar-refractivity contribution in [3.63, 3.8) is 0 Å². The number of rotatable bonds is 6. The summed E-state index contributed by atoms with van der Waals surface area (Å²) in [6, 6.07) is 1.32. The molecule has 0 bridgehead atoms. The Morgan fingerprint density at radius 3 is 2.46 bits per heavy atom. The van der Waals surface area contributed by atoms with Crippen molar-refractivity contribution >= 4 is 17.8 Å². The lowest BCUT2D eigenvalue weighted by Gasteiger charge is -2.28. The summed E-state index contributed by atoms with van der Waals surface area (Å²) >= 11 is 0. The minimum Gasteiger partial charge on any atom is -0.463 e. The molecule has 0 aromatic carbocycles. The molecule has 1 aromatic rings. The third-order valence-corrected chi connectivity index (χ3v) is 4.36. The van der Waals surface area contributed by atoms with Crippen molar-refractivity contribution in [2.45, 2.75) is 58.7 Å². The van der Waals surface area contributed by atoms with Crippen LogP contribution in [0.4, 0.5) is 10.2 Å². The summed E-state index contributed by atoms with van der Waals surface area (Å²) in [4.78, 5) is 39.6. The lowest BCUT2D eigenvalue weighted by atomic mass is 9.98. The van der Waals surface area contributed by atoms with Crippen LogP contribution in [0.1, 0.15) is 40.8 Å². The predicted octanol–water partition coefficient (Wildman–Crippen LogP) is 1.22. The van der Waals surface area contributed by atoms with Crippen molar-refractivity contribution in [1.82, 2.24) is 9.55 Å². The van der Waals surface area contributed by atoms with Crippen molar-refractivity contribution in [3.05, 3.63) is 22.7 Å². The second-order valence-corrected chi connectivity index (χ2v) is 7.52. The van der Waals surface area contributed by atoms with Gasteiger partial charge in [-0.1, -0.05) is 27.7 Å². The quantitative estimate of drug-likeness (QED) is 0.709. The molecule has 156 valence electrons. The van der Waals surface area contributed by atoms with E-state index in [2.05, 4.69) is 4.98 Å². The van der Waals surface area contributed by atoms with Crippen LogP contribution >= 0.6 is 0 Å². The van der Waals surface area contributed by atoms with Crippen LogP contribution in [-0.4, -0.2) is 46.0 Å². The van der Waals surface area contributed by atoms with E-state index in [4.69, 9.17) is 19.9 Å². The van der Waals surface area contributed by atoms with E-state index in [0.29, 0.717) is 0 Å². The van der Waals surface area contributed by atoms with Gasteiger partial charge < -0.3 is 19.9 Å². The lowest BCUT2D eigenvalue weighted by molar-refractivity contribution is -0.165. The van der Waals surface area contributed by atoms with E-state index in [-0.39, 0.29) is 12.4 Å². The molecule has 2 rings (SSSR count).